The molecule has 94 valence electrons. The molecule has 2 aromatic heterocycles. The van der Waals surface area contributed by atoms with Crippen LogP contribution in [-0.2, 0) is 6.54 Å². The minimum Gasteiger partial charge on any atom is -0.305 e. The first-order valence-electron chi connectivity index (χ1n) is 5.26. The Kier molecular flexibility index (Phi) is 3.98. The molecule has 5 nitrogen and oxygen atoms in total. The van der Waals surface area contributed by atoms with E-state index in [1.54, 1.807) is 23.0 Å². The summed E-state index contributed by atoms with van der Waals surface area (Å²) in [6.45, 7) is 2.65. The summed E-state index contributed by atoms with van der Waals surface area (Å²) in [5.74, 6) is 0.117. The average Bonchev–Trinajstić information content (AvgIpc) is 2.73. The zero-order chi connectivity index (χ0) is 13.1. The third-order valence-corrected chi connectivity index (χ3v) is 3.03. The van der Waals surface area contributed by atoms with E-state index in [1.807, 2.05) is 6.92 Å². The van der Waals surface area contributed by atoms with Crippen molar-refractivity contribution in [1.82, 2.24) is 14.8 Å². The summed E-state index contributed by atoms with van der Waals surface area (Å²) >= 11 is 9.01. The van der Waals surface area contributed by atoms with Crippen LogP contribution in [0, 0.1) is 0 Å². The summed E-state index contributed by atoms with van der Waals surface area (Å²) in [6, 6.07) is 3.29. The molecule has 1 N–H and O–H groups in total. The van der Waals surface area contributed by atoms with Gasteiger partial charge < -0.3 is 5.32 Å². The van der Waals surface area contributed by atoms with Gasteiger partial charge in [-0.05, 0) is 35.0 Å². The van der Waals surface area contributed by atoms with Gasteiger partial charge in [-0.15, -0.1) is 0 Å². The van der Waals surface area contributed by atoms with Crippen LogP contribution in [0.2, 0.25) is 5.02 Å². The van der Waals surface area contributed by atoms with E-state index < -0.39 is 0 Å². The van der Waals surface area contributed by atoms with Gasteiger partial charge in [0.25, 0.3) is 5.91 Å². The lowest BCUT2D eigenvalue weighted by molar-refractivity contribution is 0.102. The number of carbonyl (C=O) groups is 1. The quantitative estimate of drug-likeness (QED) is 0.942. The van der Waals surface area contributed by atoms with Crippen LogP contribution < -0.4 is 5.32 Å². The molecule has 0 saturated carbocycles. The fourth-order valence-electron chi connectivity index (χ4n) is 1.34. The molecule has 0 bridgehead atoms. The summed E-state index contributed by atoms with van der Waals surface area (Å²) in [5, 5.41) is 7.31. The number of hydrogen-bond acceptors (Lipinski definition) is 3. The van der Waals surface area contributed by atoms with Crippen molar-refractivity contribution >= 4 is 39.3 Å². The van der Waals surface area contributed by atoms with Gasteiger partial charge in [-0.25, -0.2) is 4.98 Å². The lowest BCUT2D eigenvalue weighted by Crippen LogP contribution is -2.14. The number of nitrogens with one attached hydrogen (secondary N) is 1. The van der Waals surface area contributed by atoms with Crippen LogP contribution in [0.5, 0.6) is 0 Å². The van der Waals surface area contributed by atoms with Gasteiger partial charge in [0.15, 0.2) is 5.69 Å². The fourth-order valence-corrected chi connectivity index (χ4v) is 1.95. The molecule has 2 rings (SSSR count). The van der Waals surface area contributed by atoms with Crippen molar-refractivity contribution in [2.45, 2.75) is 13.5 Å². The van der Waals surface area contributed by atoms with E-state index in [9.17, 15) is 4.79 Å². The number of aromatic nitrogens is 3. The summed E-state index contributed by atoms with van der Waals surface area (Å²) in [4.78, 5) is 15.9. The molecule has 18 heavy (non-hydrogen) atoms. The van der Waals surface area contributed by atoms with Crippen molar-refractivity contribution in [2.75, 3.05) is 5.32 Å². The third-order valence-electron chi connectivity index (χ3n) is 2.23. The lowest BCUT2D eigenvalue weighted by atomic mass is 10.4. The number of carbonyl (C=O) groups excluding carboxylic acids is 1. The Labute approximate surface area is 117 Å². The van der Waals surface area contributed by atoms with Crippen molar-refractivity contribution in [3.05, 3.63) is 39.7 Å². The molecule has 2 heterocycles. The van der Waals surface area contributed by atoms with Gasteiger partial charge in [0.05, 0.1) is 9.50 Å². The molecule has 0 atom stereocenters. The maximum atomic E-state index is 12.0. The van der Waals surface area contributed by atoms with Gasteiger partial charge in [-0.1, -0.05) is 11.6 Å². The number of nitrogens with zero attached hydrogens (tertiary/aromatic N) is 3. The molecule has 0 aliphatic rings. The molecular formula is C11H10BrClN4O. The maximum absolute atomic E-state index is 12.0. The molecule has 0 aliphatic heterocycles. The molecule has 1 amide bonds. The lowest BCUT2D eigenvalue weighted by Gasteiger charge is -2.02. The van der Waals surface area contributed by atoms with Crippen molar-refractivity contribution in [1.29, 1.82) is 0 Å². The molecule has 0 aromatic carbocycles. The first kappa shape index (κ1) is 13.0. The Balaban J connectivity index is 2.16. The van der Waals surface area contributed by atoms with E-state index in [4.69, 9.17) is 11.6 Å². The van der Waals surface area contributed by atoms with Gasteiger partial charge in [-0.2, -0.15) is 5.10 Å². The van der Waals surface area contributed by atoms with Crippen molar-refractivity contribution in [3.63, 3.8) is 0 Å². The number of halogens is 2. The van der Waals surface area contributed by atoms with Gasteiger partial charge in [-0.3, -0.25) is 9.48 Å². The molecule has 0 fully saturated rings. The Morgan fingerprint density at radius 3 is 2.89 bits per heavy atom. The zero-order valence-electron chi connectivity index (χ0n) is 9.52. The minimum atomic E-state index is -0.316. The number of pyridine rings is 1. The Morgan fingerprint density at radius 1 is 1.56 bits per heavy atom. The van der Waals surface area contributed by atoms with E-state index in [-0.39, 0.29) is 5.91 Å². The topological polar surface area (TPSA) is 59.8 Å². The molecule has 7 heteroatoms. The van der Waals surface area contributed by atoms with Crippen molar-refractivity contribution in [3.8, 4) is 0 Å². The monoisotopic (exact) mass is 328 g/mol. The minimum absolute atomic E-state index is 0.316. The SMILES string of the molecule is CCn1cc(Br)c(C(=O)Nc2ccc(Cl)cn2)n1. The molecule has 0 radical (unpaired) electrons. The van der Waals surface area contributed by atoms with Gasteiger partial charge in [0.2, 0.25) is 0 Å². The van der Waals surface area contributed by atoms with Crippen LogP contribution in [0.25, 0.3) is 0 Å². The standard InChI is InChI=1S/C11H10BrClN4O/c1-2-17-6-8(12)10(16-17)11(18)15-9-4-3-7(13)5-14-9/h3-6H,2H2,1H3,(H,14,15,18). The van der Waals surface area contributed by atoms with E-state index in [2.05, 4.69) is 31.3 Å². The van der Waals surface area contributed by atoms with E-state index in [0.717, 1.165) is 0 Å². The number of amides is 1. The first-order chi connectivity index (χ1) is 8.60. The first-order valence-corrected chi connectivity index (χ1v) is 6.43. The Bertz CT molecular complexity index is 567. The van der Waals surface area contributed by atoms with E-state index >= 15 is 0 Å². The Hall–Kier alpha value is -1.40. The predicted molar refractivity (Wildman–Crippen MR) is 72.8 cm³/mol. The smallest absolute Gasteiger partial charge is 0.278 e. The fraction of sp³-hybridized carbons (Fsp3) is 0.182. The second-order valence-electron chi connectivity index (χ2n) is 3.50. The largest absolute Gasteiger partial charge is 0.305 e. The van der Waals surface area contributed by atoms with Crippen LogP contribution in [0.4, 0.5) is 5.82 Å². The van der Waals surface area contributed by atoms with Crippen LogP contribution in [0.15, 0.2) is 29.0 Å². The molecule has 2 aromatic rings. The van der Waals surface area contributed by atoms with Gasteiger partial charge >= 0.3 is 0 Å². The van der Waals surface area contributed by atoms with Gasteiger partial charge in [0, 0.05) is 18.9 Å². The van der Waals surface area contributed by atoms with Crippen LogP contribution in [0.1, 0.15) is 17.4 Å². The molecule has 0 unspecified atom stereocenters. The number of hydrogen-bond donors (Lipinski definition) is 1. The van der Waals surface area contributed by atoms with E-state index in [1.165, 1.54) is 6.20 Å². The molecule has 0 saturated heterocycles. The Morgan fingerprint density at radius 2 is 2.33 bits per heavy atom. The molecule has 0 aliphatic carbocycles. The molecule has 0 spiro atoms. The highest BCUT2D eigenvalue weighted by Gasteiger charge is 2.15. The number of anilines is 1. The third kappa shape index (κ3) is 2.88. The summed E-state index contributed by atoms with van der Waals surface area (Å²) in [6.07, 6.45) is 3.22. The number of rotatable bonds is 3. The second-order valence-corrected chi connectivity index (χ2v) is 4.79. The molecular weight excluding hydrogens is 320 g/mol. The van der Waals surface area contributed by atoms with E-state index in [0.29, 0.717) is 27.6 Å². The highest BCUT2D eigenvalue weighted by Crippen LogP contribution is 2.17. The zero-order valence-corrected chi connectivity index (χ0v) is 11.9. The summed E-state index contributed by atoms with van der Waals surface area (Å²) in [5.41, 5.74) is 0.327. The van der Waals surface area contributed by atoms with Crippen LogP contribution >= 0.6 is 27.5 Å². The van der Waals surface area contributed by atoms with Crippen LogP contribution in [0.3, 0.4) is 0 Å². The maximum Gasteiger partial charge on any atom is 0.278 e. The van der Waals surface area contributed by atoms with Crippen LogP contribution in [-0.4, -0.2) is 20.7 Å². The average molecular weight is 330 g/mol. The summed E-state index contributed by atoms with van der Waals surface area (Å²) < 4.78 is 2.32. The second kappa shape index (κ2) is 5.49. The van der Waals surface area contributed by atoms with Crippen molar-refractivity contribution < 1.29 is 4.79 Å². The highest BCUT2D eigenvalue weighted by molar-refractivity contribution is 9.10. The summed E-state index contributed by atoms with van der Waals surface area (Å²) in [7, 11) is 0. The highest BCUT2D eigenvalue weighted by atomic mass is 79.9. The normalized spacial score (nSPS) is 10.4. The predicted octanol–water partition coefficient (Wildman–Crippen LogP) is 2.97. The van der Waals surface area contributed by atoms with Crippen molar-refractivity contribution in [2.24, 2.45) is 0 Å². The van der Waals surface area contributed by atoms with Gasteiger partial charge in [0.1, 0.15) is 5.82 Å². The number of aryl methyl sites for hydroxylation is 1.